The Morgan fingerprint density at radius 3 is 2.48 bits per heavy atom. The lowest BCUT2D eigenvalue weighted by Gasteiger charge is -2.23. The van der Waals surface area contributed by atoms with Gasteiger partial charge in [0.05, 0.1) is 17.1 Å². The molecule has 1 amide bonds. The molecule has 1 fully saturated rings. The van der Waals surface area contributed by atoms with Crippen molar-refractivity contribution in [3.63, 3.8) is 0 Å². The molecule has 2 heterocycles. The van der Waals surface area contributed by atoms with Crippen molar-refractivity contribution in [2.24, 2.45) is 0 Å². The third kappa shape index (κ3) is 4.48. The lowest BCUT2D eigenvalue weighted by atomic mass is 10.1. The molecule has 0 aliphatic carbocycles. The van der Waals surface area contributed by atoms with Crippen molar-refractivity contribution in [3.05, 3.63) is 47.8 Å². The van der Waals surface area contributed by atoms with E-state index in [1.807, 2.05) is 0 Å². The molecule has 142 valence electrons. The van der Waals surface area contributed by atoms with Crippen LogP contribution in [0.25, 0.3) is 0 Å². The number of Topliss-reactive ketones (excluding diaryl/α,β-unsaturated/α-hetero) is 1. The zero-order chi connectivity index (χ0) is 19.6. The molecule has 1 aromatic heterocycles. The molecule has 1 atom stereocenters. The summed E-state index contributed by atoms with van der Waals surface area (Å²) in [5.41, 5.74) is 1.28. The van der Waals surface area contributed by atoms with Gasteiger partial charge in [-0.1, -0.05) is 12.1 Å². The predicted octanol–water partition coefficient (Wildman–Crippen LogP) is 1.55. The minimum Gasteiger partial charge on any atom is -0.340 e. The van der Waals surface area contributed by atoms with E-state index in [-0.39, 0.29) is 28.9 Å². The van der Waals surface area contributed by atoms with Crippen molar-refractivity contribution in [1.82, 2.24) is 9.97 Å². The third-order valence-electron chi connectivity index (χ3n) is 4.50. The first kappa shape index (κ1) is 19.0. The Morgan fingerprint density at radius 2 is 1.89 bits per heavy atom. The molecule has 0 bridgehead atoms. The first-order chi connectivity index (χ1) is 12.7. The zero-order valence-corrected chi connectivity index (χ0v) is 15.9. The van der Waals surface area contributed by atoms with E-state index in [4.69, 9.17) is 0 Å². The highest BCUT2D eigenvalue weighted by Crippen LogP contribution is 2.20. The van der Waals surface area contributed by atoms with E-state index in [0.29, 0.717) is 23.6 Å². The number of hydrogen-bond acceptors (Lipinski definition) is 7. The molecule has 0 radical (unpaired) electrons. The fourth-order valence-corrected chi connectivity index (χ4v) is 4.66. The highest BCUT2D eigenvalue weighted by molar-refractivity contribution is 7.91. The summed E-state index contributed by atoms with van der Waals surface area (Å²) in [5, 5.41) is 2.70. The molecule has 0 saturated carbocycles. The highest BCUT2D eigenvalue weighted by Gasteiger charge is 2.31. The van der Waals surface area contributed by atoms with Crippen LogP contribution in [-0.4, -0.2) is 54.7 Å². The number of nitrogens with one attached hydrogen (secondary N) is 1. The molecule has 8 nitrogen and oxygen atoms in total. The maximum absolute atomic E-state index is 12.3. The van der Waals surface area contributed by atoms with Gasteiger partial charge in [0.2, 0.25) is 5.95 Å². The van der Waals surface area contributed by atoms with Crippen LogP contribution in [0.4, 0.5) is 11.6 Å². The lowest BCUT2D eigenvalue weighted by Crippen LogP contribution is -2.34. The molecule has 1 saturated heterocycles. The van der Waals surface area contributed by atoms with Gasteiger partial charge in [-0.2, -0.15) is 0 Å². The Labute approximate surface area is 157 Å². The standard InChI is InChI=1S/C18H20N4O4S/c1-12(23)13-4-3-5-15(8-13)21-17(24)14-9-19-18(20-10-14)22(2)16-6-7-27(25,26)11-16/h3-5,8-10,16H,6-7,11H2,1-2H3,(H,21,24). The third-order valence-corrected chi connectivity index (χ3v) is 6.25. The molecule has 1 aliphatic rings. The van der Waals surface area contributed by atoms with Crippen molar-refractivity contribution >= 4 is 33.2 Å². The minimum absolute atomic E-state index is 0.0849. The van der Waals surface area contributed by atoms with Crippen molar-refractivity contribution in [2.75, 3.05) is 28.8 Å². The van der Waals surface area contributed by atoms with Crippen LogP contribution in [0, 0.1) is 0 Å². The Bertz CT molecular complexity index is 973. The van der Waals surface area contributed by atoms with Crippen LogP contribution in [0.15, 0.2) is 36.7 Å². The van der Waals surface area contributed by atoms with Gasteiger partial charge in [-0.3, -0.25) is 9.59 Å². The molecular formula is C18H20N4O4S. The van der Waals surface area contributed by atoms with Crippen LogP contribution in [0.5, 0.6) is 0 Å². The first-order valence-electron chi connectivity index (χ1n) is 8.43. The number of amides is 1. The molecule has 2 aromatic rings. The number of anilines is 2. The maximum Gasteiger partial charge on any atom is 0.258 e. The Morgan fingerprint density at radius 1 is 1.19 bits per heavy atom. The predicted molar refractivity (Wildman–Crippen MR) is 102 cm³/mol. The Hall–Kier alpha value is -2.81. The summed E-state index contributed by atoms with van der Waals surface area (Å²) in [6.45, 7) is 1.46. The van der Waals surface area contributed by atoms with Gasteiger partial charge < -0.3 is 10.2 Å². The van der Waals surface area contributed by atoms with Crippen LogP contribution in [0.3, 0.4) is 0 Å². The van der Waals surface area contributed by atoms with Gasteiger partial charge >= 0.3 is 0 Å². The van der Waals surface area contributed by atoms with Crippen LogP contribution >= 0.6 is 0 Å². The Kier molecular flexibility index (Phi) is 5.22. The fraction of sp³-hybridized carbons (Fsp3) is 0.333. The molecule has 1 unspecified atom stereocenters. The van der Waals surface area contributed by atoms with Crippen LogP contribution in [-0.2, 0) is 9.84 Å². The topological polar surface area (TPSA) is 109 Å². The van der Waals surface area contributed by atoms with Crippen molar-refractivity contribution in [3.8, 4) is 0 Å². The van der Waals surface area contributed by atoms with E-state index in [2.05, 4.69) is 15.3 Å². The second-order valence-corrected chi connectivity index (χ2v) is 8.76. The average molecular weight is 388 g/mol. The summed E-state index contributed by atoms with van der Waals surface area (Å²) >= 11 is 0. The Balaban J connectivity index is 1.69. The average Bonchev–Trinajstić information content (AvgIpc) is 3.01. The van der Waals surface area contributed by atoms with E-state index >= 15 is 0 Å². The summed E-state index contributed by atoms with van der Waals surface area (Å²) < 4.78 is 23.2. The molecule has 1 N–H and O–H groups in total. The quantitative estimate of drug-likeness (QED) is 0.774. The number of nitrogens with zero attached hydrogens (tertiary/aromatic N) is 3. The number of ketones is 1. The number of rotatable bonds is 5. The monoisotopic (exact) mass is 388 g/mol. The van der Waals surface area contributed by atoms with Gasteiger partial charge in [-0.15, -0.1) is 0 Å². The van der Waals surface area contributed by atoms with E-state index < -0.39 is 15.7 Å². The molecule has 3 rings (SSSR count). The second-order valence-electron chi connectivity index (χ2n) is 6.53. The highest BCUT2D eigenvalue weighted by atomic mass is 32.2. The summed E-state index contributed by atoms with van der Waals surface area (Å²) in [6.07, 6.45) is 3.33. The van der Waals surface area contributed by atoms with Crippen molar-refractivity contribution in [1.29, 1.82) is 0 Å². The van der Waals surface area contributed by atoms with Crippen molar-refractivity contribution in [2.45, 2.75) is 19.4 Å². The largest absolute Gasteiger partial charge is 0.340 e. The van der Waals surface area contributed by atoms with Crippen molar-refractivity contribution < 1.29 is 18.0 Å². The molecule has 9 heteroatoms. The minimum atomic E-state index is -3.00. The van der Waals surface area contributed by atoms with E-state index in [0.717, 1.165) is 0 Å². The smallest absolute Gasteiger partial charge is 0.258 e. The molecule has 1 aromatic carbocycles. The first-order valence-corrected chi connectivity index (χ1v) is 10.2. The second kappa shape index (κ2) is 7.43. The number of carbonyl (C=O) groups excluding carboxylic acids is 2. The summed E-state index contributed by atoms with van der Waals surface area (Å²) in [4.78, 5) is 33.9. The van der Waals surface area contributed by atoms with Gasteiger partial charge in [-0.25, -0.2) is 18.4 Å². The number of hydrogen-bond donors (Lipinski definition) is 1. The molecule has 0 spiro atoms. The zero-order valence-electron chi connectivity index (χ0n) is 15.0. The van der Waals surface area contributed by atoms with E-state index in [9.17, 15) is 18.0 Å². The van der Waals surface area contributed by atoms with Gasteiger partial charge in [-0.05, 0) is 25.5 Å². The normalized spacial score (nSPS) is 18.1. The summed E-state index contributed by atoms with van der Waals surface area (Å²) in [7, 11) is -1.26. The summed E-state index contributed by atoms with van der Waals surface area (Å²) in [6, 6.07) is 6.49. The number of sulfone groups is 1. The number of aromatic nitrogens is 2. The molecule has 27 heavy (non-hydrogen) atoms. The van der Waals surface area contributed by atoms with Gasteiger partial charge in [0.25, 0.3) is 5.91 Å². The lowest BCUT2D eigenvalue weighted by molar-refractivity contribution is 0.101. The van der Waals surface area contributed by atoms with E-state index in [1.54, 1.807) is 36.2 Å². The summed E-state index contributed by atoms with van der Waals surface area (Å²) in [5.74, 6) is 0.139. The molecular weight excluding hydrogens is 368 g/mol. The fourth-order valence-electron chi connectivity index (χ4n) is 2.88. The SMILES string of the molecule is CC(=O)c1cccc(NC(=O)c2cnc(N(C)C3CCS(=O)(=O)C3)nc2)c1. The number of carbonyl (C=O) groups is 2. The van der Waals surface area contributed by atoms with Crippen LogP contribution in [0.1, 0.15) is 34.1 Å². The maximum atomic E-state index is 12.3. The number of benzene rings is 1. The van der Waals surface area contributed by atoms with Crippen LogP contribution < -0.4 is 10.2 Å². The van der Waals surface area contributed by atoms with Crippen LogP contribution in [0.2, 0.25) is 0 Å². The van der Waals surface area contributed by atoms with Gasteiger partial charge in [0.15, 0.2) is 15.6 Å². The van der Waals surface area contributed by atoms with Gasteiger partial charge in [0, 0.05) is 36.7 Å². The van der Waals surface area contributed by atoms with Gasteiger partial charge in [0.1, 0.15) is 0 Å². The van der Waals surface area contributed by atoms with E-state index in [1.165, 1.54) is 19.3 Å². The molecule has 1 aliphatic heterocycles.